The van der Waals surface area contributed by atoms with Crippen LogP contribution in [-0.2, 0) is 17.7 Å². The maximum absolute atomic E-state index is 13.5. The monoisotopic (exact) mass is 506 g/mol. The Morgan fingerprint density at radius 2 is 1.76 bits per heavy atom. The van der Waals surface area contributed by atoms with Crippen LogP contribution >= 0.6 is 0 Å². The third kappa shape index (κ3) is 4.88. The maximum atomic E-state index is 13.5. The van der Waals surface area contributed by atoms with Crippen molar-refractivity contribution in [3.8, 4) is 0 Å². The highest BCUT2D eigenvalue weighted by Crippen LogP contribution is 2.14. The molecule has 38 heavy (non-hydrogen) atoms. The highest BCUT2D eigenvalue weighted by molar-refractivity contribution is 5.97. The van der Waals surface area contributed by atoms with E-state index in [0.717, 1.165) is 11.1 Å². The second kappa shape index (κ2) is 10.6. The molecule has 5 rings (SSSR count). The fourth-order valence-electron chi connectivity index (χ4n) is 4.39. The Balaban J connectivity index is 1.84. The molecule has 0 saturated heterocycles. The van der Waals surface area contributed by atoms with Gasteiger partial charge in [-0.3, -0.25) is 14.0 Å². The van der Waals surface area contributed by atoms with Gasteiger partial charge in [-0.15, -0.1) is 0 Å². The van der Waals surface area contributed by atoms with Crippen LogP contribution in [0.15, 0.2) is 94.8 Å². The van der Waals surface area contributed by atoms with Gasteiger partial charge in [-0.05, 0) is 56.2 Å². The number of pyridine rings is 2. The van der Waals surface area contributed by atoms with Crippen molar-refractivity contribution in [1.29, 1.82) is 0 Å². The summed E-state index contributed by atoms with van der Waals surface area (Å²) in [6.07, 6.45) is 2.19. The van der Waals surface area contributed by atoms with Crippen molar-refractivity contribution in [2.24, 2.45) is 4.99 Å². The molecule has 0 spiro atoms. The molecule has 8 heteroatoms. The second-order valence-electron chi connectivity index (χ2n) is 8.86. The molecule has 0 radical (unpaired) electrons. The number of nitrogens with zero attached hydrogens (tertiary/aromatic N) is 4. The number of ether oxygens (including phenoxy) is 1. The molecule has 0 bridgehead atoms. The molecule has 3 aromatic heterocycles. The standard InChI is InChI=1S/C30H26N4O4/c1-3-38-30(37)24-19-23-26(31-25-14-7-8-16-33(25)29(23)36)34(17-15-21-11-5-4-6-12-21)27(24)32-28(35)22-13-9-10-20(2)18-22/h4-14,16,18-19H,3,15,17H2,1-2H3. The van der Waals surface area contributed by atoms with E-state index in [1.807, 2.05) is 43.3 Å². The normalized spacial score (nSPS) is 11.7. The maximum Gasteiger partial charge on any atom is 0.341 e. The van der Waals surface area contributed by atoms with Gasteiger partial charge < -0.3 is 9.30 Å². The number of aryl methyl sites for hydroxylation is 3. The van der Waals surface area contributed by atoms with Gasteiger partial charge in [-0.2, -0.15) is 4.99 Å². The Bertz CT molecular complexity index is 1800. The van der Waals surface area contributed by atoms with Gasteiger partial charge in [0.1, 0.15) is 16.9 Å². The van der Waals surface area contributed by atoms with Crippen LogP contribution in [0.1, 0.15) is 38.8 Å². The molecule has 0 fully saturated rings. The smallest absolute Gasteiger partial charge is 0.341 e. The summed E-state index contributed by atoms with van der Waals surface area (Å²) in [5, 5.41) is 0.228. The Labute approximate surface area is 218 Å². The zero-order chi connectivity index (χ0) is 26.6. The highest BCUT2D eigenvalue weighted by atomic mass is 16.5. The molecule has 0 N–H and O–H groups in total. The molecule has 0 unspecified atom stereocenters. The minimum Gasteiger partial charge on any atom is -0.462 e. The minimum absolute atomic E-state index is 0.0307. The summed E-state index contributed by atoms with van der Waals surface area (Å²) in [7, 11) is 0. The number of hydrogen-bond donors (Lipinski definition) is 0. The molecule has 0 aliphatic carbocycles. The number of carbonyl (C=O) groups is 2. The van der Waals surface area contributed by atoms with Crippen LogP contribution < -0.4 is 11.0 Å². The molecule has 2 aromatic carbocycles. The van der Waals surface area contributed by atoms with Gasteiger partial charge in [0, 0.05) is 18.3 Å². The molecular formula is C30H26N4O4. The third-order valence-electron chi connectivity index (χ3n) is 6.22. The van der Waals surface area contributed by atoms with Gasteiger partial charge >= 0.3 is 5.97 Å². The Morgan fingerprint density at radius 3 is 2.53 bits per heavy atom. The van der Waals surface area contributed by atoms with Crippen LogP contribution in [0.4, 0.5) is 0 Å². The lowest BCUT2D eigenvalue weighted by Gasteiger charge is -2.15. The van der Waals surface area contributed by atoms with E-state index in [0.29, 0.717) is 29.8 Å². The van der Waals surface area contributed by atoms with Gasteiger partial charge in [0.2, 0.25) is 0 Å². The first-order chi connectivity index (χ1) is 18.5. The van der Waals surface area contributed by atoms with Gasteiger partial charge in [0.25, 0.3) is 11.5 Å². The van der Waals surface area contributed by atoms with Crippen LogP contribution in [0.25, 0.3) is 16.7 Å². The average molecular weight is 507 g/mol. The fraction of sp³-hybridized carbons (Fsp3) is 0.167. The van der Waals surface area contributed by atoms with E-state index in [1.54, 1.807) is 54.1 Å². The van der Waals surface area contributed by atoms with Gasteiger partial charge in [0.05, 0.1) is 12.0 Å². The van der Waals surface area contributed by atoms with Crippen LogP contribution in [-0.4, -0.2) is 32.4 Å². The largest absolute Gasteiger partial charge is 0.462 e. The van der Waals surface area contributed by atoms with Crippen LogP contribution in [0.2, 0.25) is 0 Å². The predicted molar refractivity (Wildman–Crippen MR) is 144 cm³/mol. The number of esters is 1. The van der Waals surface area contributed by atoms with E-state index >= 15 is 0 Å². The van der Waals surface area contributed by atoms with Gasteiger partial charge in [0.15, 0.2) is 5.49 Å². The Hall–Kier alpha value is -4.85. The lowest BCUT2D eigenvalue weighted by atomic mass is 10.1. The quantitative estimate of drug-likeness (QED) is 0.255. The van der Waals surface area contributed by atoms with Gasteiger partial charge in [-0.25, -0.2) is 9.78 Å². The van der Waals surface area contributed by atoms with Crippen molar-refractivity contribution in [2.45, 2.75) is 26.8 Å². The summed E-state index contributed by atoms with van der Waals surface area (Å²) in [6.45, 7) is 4.03. The lowest BCUT2D eigenvalue weighted by molar-refractivity contribution is 0.0523. The summed E-state index contributed by atoms with van der Waals surface area (Å²) >= 11 is 0. The molecule has 5 aromatic rings. The number of amides is 1. The minimum atomic E-state index is -0.670. The molecule has 0 aliphatic rings. The number of rotatable bonds is 6. The first-order valence-electron chi connectivity index (χ1n) is 12.4. The fourth-order valence-corrected chi connectivity index (χ4v) is 4.39. The Morgan fingerprint density at radius 1 is 0.974 bits per heavy atom. The van der Waals surface area contributed by atoms with Crippen molar-refractivity contribution in [3.05, 3.63) is 123 Å². The van der Waals surface area contributed by atoms with Crippen molar-refractivity contribution in [2.75, 3.05) is 6.61 Å². The van der Waals surface area contributed by atoms with Crippen molar-refractivity contribution < 1.29 is 14.3 Å². The molecule has 1 amide bonds. The molecule has 0 saturated carbocycles. The summed E-state index contributed by atoms with van der Waals surface area (Å²) in [5.74, 6) is -1.18. The first kappa shape index (κ1) is 24.8. The predicted octanol–water partition coefficient (Wildman–Crippen LogP) is 4.12. The third-order valence-corrected chi connectivity index (χ3v) is 6.22. The van der Waals surface area contributed by atoms with Crippen molar-refractivity contribution >= 4 is 28.6 Å². The van der Waals surface area contributed by atoms with Crippen LogP contribution in [0.5, 0.6) is 0 Å². The Kier molecular flexibility index (Phi) is 6.95. The van der Waals surface area contributed by atoms with E-state index in [9.17, 15) is 14.4 Å². The topological polar surface area (TPSA) is 95.0 Å². The van der Waals surface area contributed by atoms with Crippen molar-refractivity contribution in [3.63, 3.8) is 0 Å². The number of carbonyl (C=O) groups excluding carboxylic acids is 2. The number of hydrogen-bond acceptors (Lipinski definition) is 5. The summed E-state index contributed by atoms with van der Waals surface area (Å²) < 4.78 is 8.42. The zero-order valence-electron chi connectivity index (χ0n) is 21.1. The molecule has 0 atom stereocenters. The van der Waals surface area contributed by atoms with Gasteiger partial charge in [-0.1, -0.05) is 54.1 Å². The van der Waals surface area contributed by atoms with Crippen LogP contribution in [0, 0.1) is 6.92 Å². The van der Waals surface area contributed by atoms with E-state index < -0.39 is 11.9 Å². The molecule has 190 valence electrons. The second-order valence-corrected chi connectivity index (χ2v) is 8.86. The van der Waals surface area contributed by atoms with E-state index in [2.05, 4.69) is 4.99 Å². The number of aromatic nitrogens is 3. The summed E-state index contributed by atoms with van der Waals surface area (Å²) in [6, 6.07) is 23.6. The SMILES string of the molecule is CCOC(=O)c1cc2c(=O)n3ccccc3nc2n(CCc2ccccc2)c1=NC(=O)c1cccc(C)c1. The van der Waals surface area contributed by atoms with E-state index in [4.69, 9.17) is 9.72 Å². The summed E-state index contributed by atoms with van der Waals surface area (Å²) in [4.78, 5) is 49.1. The van der Waals surface area contributed by atoms with E-state index in [1.165, 1.54) is 10.5 Å². The highest BCUT2D eigenvalue weighted by Gasteiger charge is 2.20. The lowest BCUT2D eigenvalue weighted by Crippen LogP contribution is -2.33. The number of benzene rings is 2. The average Bonchev–Trinajstić information content (AvgIpc) is 2.93. The first-order valence-corrected chi connectivity index (χ1v) is 12.4. The van der Waals surface area contributed by atoms with Crippen molar-refractivity contribution in [1.82, 2.24) is 14.0 Å². The van der Waals surface area contributed by atoms with E-state index in [-0.39, 0.29) is 28.6 Å². The number of fused-ring (bicyclic) bond motifs is 2. The summed E-state index contributed by atoms with van der Waals surface area (Å²) in [5.41, 5.74) is 2.92. The zero-order valence-corrected chi connectivity index (χ0v) is 21.1. The molecule has 8 nitrogen and oxygen atoms in total. The molecule has 0 aliphatic heterocycles. The van der Waals surface area contributed by atoms with Crippen LogP contribution in [0.3, 0.4) is 0 Å². The molecular weight excluding hydrogens is 480 g/mol. The molecule has 3 heterocycles.